The lowest BCUT2D eigenvalue weighted by molar-refractivity contribution is -0.138. The van der Waals surface area contributed by atoms with Crippen molar-refractivity contribution in [2.45, 2.75) is 55.9 Å². The molecule has 3 nitrogen and oxygen atoms in total. The van der Waals surface area contributed by atoms with Crippen LogP contribution in [-0.4, -0.2) is 30.5 Å². The van der Waals surface area contributed by atoms with Crippen LogP contribution in [0.2, 0.25) is 0 Å². The summed E-state index contributed by atoms with van der Waals surface area (Å²) in [5.41, 5.74) is 2.95. The van der Waals surface area contributed by atoms with Gasteiger partial charge in [0.25, 0.3) is 0 Å². The number of carbonyl (C=O) groups is 1. The van der Waals surface area contributed by atoms with E-state index in [1.165, 1.54) is 24.0 Å². The molecule has 2 bridgehead atoms. The van der Waals surface area contributed by atoms with Crippen molar-refractivity contribution < 1.29 is 9.53 Å². The Hall–Kier alpha value is -2.29. The summed E-state index contributed by atoms with van der Waals surface area (Å²) in [5, 5.41) is 0. The Balaban J connectivity index is 1.32. The molecule has 1 aliphatic heterocycles. The molecule has 1 amide bonds. The Morgan fingerprint density at radius 1 is 1.11 bits per heavy atom. The monoisotopic (exact) mass is 375 g/mol. The van der Waals surface area contributed by atoms with Gasteiger partial charge in [0.1, 0.15) is 5.75 Å². The molecule has 1 heterocycles. The topological polar surface area (TPSA) is 29.5 Å². The van der Waals surface area contributed by atoms with Crippen molar-refractivity contribution in [3.63, 3.8) is 0 Å². The van der Waals surface area contributed by atoms with Gasteiger partial charge >= 0.3 is 0 Å². The smallest absolute Gasteiger partial charge is 0.226 e. The summed E-state index contributed by atoms with van der Waals surface area (Å²) in [4.78, 5) is 15.5. The third-order valence-corrected chi connectivity index (χ3v) is 7.39. The average molecular weight is 376 g/mol. The van der Waals surface area contributed by atoms with Gasteiger partial charge < -0.3 is 9.64 Å². The highest BCUT2D eigenvalue weighted by molar-refractivity contribution is 5.83. The Kier molecular flexibility index (Phi) is 4.41. The van der Waals surface area contributed by atoms with Crippen LogP contribution in [0.5, 0.6) is 5.75 Å². The third-order valence-electron chi connectivity index (χ3n) is 7.39. The molecule has 3 heteroatoms. The zero-order valence-electron chi connectivity index (χ0n) is 16.6. The average Bonchev–Trinajstić information content (AvgIpc) is 3.55. The van der Waals surface area contributed by atoms with Crippen LogP contribution in [0, 0.1) is 5.92 Å². The molecule has 2 aliphatic carbocycles. The summed E-state index contributed by atoms with van der Waals surface area (Å²) in [5.74, 6) is 1.98. The summed E-state index contributed by atoms with van der Waals surface area (Å²) in [6, 6.07) is 19.6. The van der Waals surface area contributed by atoms with Gasteiger partial charge in [0, 0.05) is 18.5 Å². The molecule has 0 spiro atoms. The maximum Gasteiger partial charge on any atom is 0.226 e. The maximum absolute atomic E-state index is 13.3. The third kappa shape index (κ3) is 3.01. The maximum atomic E-state index is 13.3. The molecule has 4 atom stereocenters. The molecule has 5 rings (SSSR count). The second kappa shape index (κ2) is 6.95. The fourth-order valence-corrected chi connectivity index (χ4v) is 5.74. The Morgan fingerprint density at radius 3 is 2.79 bits per heavy atom. The van der Waals surface area contributed by atoms with Crippen LogP contribution in [0.3, 0.4) is 0 Å². The van der Waals surface area contributed by atoms with E-state index >= 15 is 0 Å². The Bertz CT molecular complexity index is 864. The second-order valence-corrected chi connectivity index (χ2v) is 8.90. The number of rotatable bonds is 4. The van der Waals surface area contributed by atoms with E-state index in [-0.39, 0.29) is 11.3 Å². The lowest BCUT2D eigenvalue weighted by Crippen LogP contribution is -2.54. The van der Waals surface area contributed by atoms with E-state index in [1.54, 1.807) is 7.11 Å². The standard InChI is InChI=1S/C25H29NO2/c1-28-21-11-5-9-19(15-21)25-12-6-10-20(17-25)26(14-13-25)24(27)23-16-22(23)18-7-3-2-4-8-18/h2-5,7-9,11,15,20,22-23H,6,10,12-14,16-17H2,1H3/t20-,22-,23+,25+/m0/s1. The van der Waals surface area contributed by atoms with Crippen molar-refractivity contribution in [3.8, 4) is 5.75 Å². The van der Waals surface area contributed by atoms with E-state index in [0.717, 1.165) is 38.0 Å². The van der Waals surface area contributed by atoms with Gasteiger partial charge in [0.15, 0.2) is 0 Å². The van der Waals surface area contributed by atoms with Gasteiger partial charge in [-0.3, -0.25) is 4.79 Å². The second-order valence-electron chi connectivity index (χ2n) is 8.90. The highest BCUT2D eigenvalue weighted by Crippen LogP contribution is 2.52. The highest BCUT2D eigenvalue weighted by Gasteiger charge is 2.50. The summed E-state index contributed by atoms with van der Waals surface area (Å²) in [6.45, 7) is 0.902. The first-order valence-electron chi connectivity index (χ1n) is 10.7. The zero-order valence-corrected chi connectivity index (χ0v) is 16.6. The first-order valence-corrected chi connectivity index (χ1v) is 10.7. The lowest BCUT2D eigenvalue weighted by Gasteiger charge is -2.51. The van der Waals surface area contributed by atoms with Crippen LogP contribution in [0.1, 0.15) is 55.6 Å². The highest BCUT2D eigenvalue weighted by atomic mass is 16.5. The van der Waals surface area contributed by atoms with Crippen LogP contribution in [0.4, 0.5) is 0 Å². The summed E-state index contributed by atoms with van der Waals surface area (Å²) in [6.07, 6.45) is 6.79. The van der Waals surface area contributed by atoms with E-state index in [0.29, 0.717) is 17.9 Å². The van der Waals surface area contributed by atoms with Crippen LogP contribution in [0.15, 0.2) is 54.6 Å². The van der Waals surface area contributed by atoms with E-state index < -0.39 is 0 Å². The Labute approximate surface area is 167 Å². The molecule has 0 unspecified atom stereocenters. The van der Waals surface area contributed by atoms with Crippen molar-refractivity contribution in [1.29, 1.82) is 0 Å². The number of amides is 1. The van der Waals surface area contributed by atoms with Gasteiger partial charge in [-0.2, -0.15) is 0 Å². The van der Waals surface area contributed by atoms with Gasteiger partial charge in [-0.25, -0.2) is 0 Å². The van der Waals surface area contributed by atoms with Crippen molar-refractivity contribution in [2.75, 3.05) is 13.7 Å². The van der Waals surface area contributed by atoms with Crippen LogP contribution >= 0.6 is 0 Å². The first-order chi connectivity index (χ1) is 13.7. The predicted octanol–water partition coefficient (Wildman–Crippen LogP) is 4.91. The lowest BCUT2D eigenvalue weighted by atomic mass is 9.63. The molecule has 1 saturated heterocycles. The van der Waals surface area contributed by atoms with Crippen LogP contribution in [0.25, 0.3) is 0 Å². The summed E-state index contributed by atoms with van der Waals surface area (Å²) < 4.78 is 5.47. The molecule has 2 aromatic rings. The van der Waals surface area contributed by atoms with Crippen molar-refractivity contribution in [3.05, 3.63) is 65.7 Å². The minimum atomic E-state index is 0.202. The van der Waals surface area contributed by atoms with Gasteiger partial charge in [-0.05, 0) is 66.7 Å². The number of hydrogen-bond donors (Lipinski definition) is 0. The van der Waals surface area contributed by atoms with Gasteiger partial charge in [-0.15, -0.1) is 0 Å². The van der Waals surface area contributed by atoms with Crippen LogP contribution < -0.4 is 4.74 Å². The first kappa shape index (κ1) is 17.8. The minimum absolute atomic E-state index is 0.202. The van der Waals surface area contributed by atoms with Crippen LogP contribution in [-0.2, 0) is 10.2 Å². The zero-order chi connectivity index (χ0) is 19.1. The number of fused-ring (bicyclic) bond motifs is 2. The van der Waals surface area contributed by atoms with E-state index in [4.69, 9.17) is 4.74 Å². The minimum Gasteiger partial charge on any atom is -0.497 e. The molecule has 2 aromatic carbocycles. The molecular weight excluding hydrogens is 346 g/mol. The van der Waals surface area contributed by atoms with E-state index in [1.807, 2.05) is 12.1 Å². The quantitative estimate of drug-likeness (QED) is 0.760. The fraction of sp³-hybridized carbons (Fsp3) is 0.480. The van der Waals surface area contributed by atoms with Gasteiger partial charge in [-0.1, -0.05) is 48.9 Å². The molecule has 0 radical (unpaired) electrons. The normalized spacial score (nSPS) is 31.3. The van der Waals surface area contributed by atoms with E-state index in [9.17, 15) is 4.79 Å². The summed E-state index contributed by atoms with van der Waals surface area (Å²) in [7, 11) is 1.74. The number of nitrogens with zero attached hydrogens (tertiary/aromatic N) is 1. The number of piperidine rings is 1. The SMILES string of the molecule is COc1cccc([C@@]23CCC[C@@H](C2)N(C(=O)[C@@H]2C[C@H]2c2ccccc2)CC3)c1. The number of carbonyl (C=O) groups excluding carboxylic acids is 1. The molecular formula is C25H29NO2. The summed E-state index contributed by atoms with van der Waals surface area (Å²) >= 11 is 0. The van der Waals surface area contributed by atoms with Crippen molar-refractivity contribution in [1.82, 2.24) is 4.90 Å². The molecule has 146 valence electrons. The molecule has 0 aromatic heterocycles. The number of hydrogen-bond acceptors (Lipinski definition) is 2. The van der Waals surface area contributed by atoms with Crippen molar-refractivity contribution >= 4 is 5.91 Å². The molecule has 0 N–H and O–H groups in total. The molecule has 3 fully saturated rings. The van der Waals surface area contributed by atoms with E-state index in [2.05, 4.69) is 47.4 Å². The number of methoxy groups -OCH3 is 1. The molecule has 2 saturated carbocycles. The Morgan fingerprint density at radius 2 is 1.96 bits per heavy atom. The van der Waals surface area contributed by atoms with Gasteiger partial charge in [0.2, 0.25) is 5.91 Å². The molecule has 28 heavy (non-hydrogen) atoms. The number of ether oxygens (including phenoxy) is 1. The number of benzene rings is 2. The van der Waals surface area contributed by atoms with Crippen molar-refractivity contribution in [2.24, 2.45) is 5.92 Å². The predicted molar refractivity (Wildman–Crippen MR) is 111 cm³/mol. The number of likely N-dealkylation sites (tertiary alicyclic amines) is 1. The molecule has 3 aliphatic rings. The fourth-order valence-electron chi connectivity index (χ4n) is 5.74. The van der Waals surface area contributed by atoms with Gasteiger partial charge in [0.05, 0.1) is 7.11 Å². The largest absolute Gasteiger partial charge is 0.497 e.